The van der Waals surface area contributed by atoms with Crippen molar-refractivity contribution in [1.29, 1.82) is 0 Å². The van der Waals surface area contributed by atoms with Crippen molar-refractivity contribution in [3.8, 4) is 5.75 Å². The minimum absolute atomic E-state index is 0.152. The fraction of sp³-hybridized carbons (Fsp3) is 0.538. The molecule has 5 nitrogen and oxygen atoms in total. The topological polar surface area (TPSA) is 78.6 Å². The summed E-state index contributed by atoms with van der Waals surface area (Å²) >= 11 is 0. The lowest BCUT2D eigenvalue weighted by atomic mass is 10.1. The van der Waals surface area contributed by atoms with Crippen LogP contribution >= 0.6 is 0 Å². The zero-order valence-electron chi connectivity index (χ0n) is 11.8. The van der Waals surface area contributed by atoms with Crippen molar-refractivity contribution in [3.05, 3.63) is 22.8 Å². The Morgan fingerprint density at radius 2 is 1.79 bits per heavy atom. The molecule has 0 saturated heterocycles. The van der Waals surface area contributed by atoms with E-state index in [9.17, 15) is 8.42 Å². The molecular weight excluding hydrogens is 266 g/mol. The van der Waals surface area contributed by atoms with E-state index in [1.807, 2.05) is 13.8 Å². The van der Waals surface area contributed by atoms with Crippen molar-refractivity contribution in [2.45, 2.75) is 32.6 Å². The highest BCUT2D eigenvalue weighted by Gasteiger charge is 2.18. The monoisotopic (exact) mass is 287 g/mol. The molecule has 1 aromatic rings. The Morgan fingerprint density at radius 3 is 2.32 bits per heavy atom. The molecule has 0 unspecified atom stereocenters. The molecule has 6 heteroatoms. The summed E-state index contributed by atoms with van der Waals surface area (Å²) in [5, 5.41) is 5.20. The fourth-order valence-electron chi connectivity index (χ4n) is 1.89. The van der Waals surface area contributed by atoms with Gasteiger partial charge in [0.2, 0.25) is 10.0 Å². The molecular formula is C13H21NO4S. The summed E-state index contributed by atoms with van der Waals surface area (Å²) in [6.07, 6.45) is 0. The number of nitrogens with two attached hydrogens (primary N) is 1. The summed E-state index contributed by atoms with van der Waals surface area (Å²) < 4.78 is 33.8. The van der Waals surface area contributed by atoms with Gasteiger partial charge in [-0.05, 0) is 50.5 Å². The molecule has 19 heavy (non-hydrogen) atoms. The van der Waals surface area contributed by atoms with Crippen molar-refractivity contribution >= 4 is 10.0 Å². The summed E-state index contributed by atoms with van der Waals surface area (Å²) in [5.74, 6) is 0.699. The van der Waals surface area contributed by atoms with Crippen LogP contribution in [0.25, 0.3) is 0 Å². The number of hydrogen-bond acceptors (Lipinski definition) is 4. The number of aryl methyl sites for hydroxylation is 1. The van der Waals surface area contributed by atoms with Crippen LogP contribution in [0.15, 0.2) is 11.0 Å². The first-order chi connectivity index (χ1) is 8.79. The van der Waals surface area contributed by atoms with Gasteiger partial charge in [0.15, 0.2) is 0 Å². The number of ether oxygens (including phenoxy) is 2. The second-order valence-corrected chi connectivity index (χ2v) is 5.89. The highest BCUT2D eigenvalue weighted by molar-refractivity contribution is 7.89. The van der Waals surface area contributed by atoms with Crippen molar-refractivity contribution < 1.29 is 17.9 Å². The summed E-state index contributed by atoms with van der Waals surface area (Å²) in [5.41, 5.74) is 2.17. The van der Waals surface area contributed by atoms with Crippen LogP contribution in [-0.4, -0.2) is 28.2 Å². The third kappa shape index (κ3) is 3.92. The van der Waals surface area contributed by atoms with Gasteiger partial charge in [0.1, 0.15) is 12.4 Å². The first kappa shape index (κ1) is 15.9. The maximum Gasteiger partial charge on any atom is 0.238 e. The average molecular weight is 287 g/mol. The molecule has 108 valence electrons. The van der Waals surface area contributed by atoms with Gasteiger partial charge in [-0.2, -0.15) is 0 Å². The molecule has 0 saturated carbocycles. The molecule has 0 radical (unpaired) electrons. The van der Waals surface area contributed by atoms with Crippen LogP contribution in [0.1, 0.15) is 23.6 Å². The normalized spacial score (nSPS) is 11.6. The van der Waals surface area contributed by atoms with Crippen LogP contribution in [-0.2, 0) is 14.8 Å². The van der Waals surface area contributed by atoms with Crippen LogP contribution in [0.4, 0.5) is 0 Å². The van der Waals surface area contributed by atoms with E-state index in [0.29, 0.717) is 31.1 Å². The third-order valence-electron chi connectivity index (χ3n) is 2.96. The minimum atomic E-state index is -3.70. The van der Waals surface area contributed by atoms with Gasteiger partial charge in [-0.1, -0.05) is 0 Å². The summed E-state index contributed by atoms with van der Waals surface area (Å²) in [6, 6.07) is 1.55. The summed E-state index contributed by atoms with van der Waals surface area (Å²) in [6.45, 7) is 8.86. The Labute approximate surface area is 114 Å². The molecule has 0 aliphatic carbocycles. The SMILES string of the molecule is CCOCCOc1c(C)cc(S(N)(=O)=O)c(C)c1C. The van der Waals surface area contributed by atoms with Gasteiger partial charge in [-0.25, -0.2) is 13.6 Å². The highest BCUT2D eigenvalue weighted by atomic mass is 32.2. The molecule has 0 bridgehead atoms. The van der Waals surface area contributed by atoms with Crippen LogP contribution in [0.5, 0.6) is 5.75 Å². The Kier molecular flexibility index (Phi) is 5.34. The lowest BCUT2D eigenvalue weighted by Gasteiger charge is -2.16. The lowest BCUT2D eigenvalue weighted by molar-refractivity contribution is 0.109. The van der Waals surface area contributed by atoms with E-state index < -0.39 is 10.0 Å². The molecule has 0 atom stereocenters. The van der Waals surface area contributed by atoms with Crippen molar-refractivity contribution in [2.24, 2.45) is 5.14 Å². The molecule has 1 aromatic carbocycles. The first-order valence-electron chi connectivity index (χ1n) is 6.13. The van der Waals surface area contributed by atoms with Gasteiger partial charge in [-0.3, -0.25) is 0 Å². The fourth-order valence-corrected chi connectivity index (χ4v) is 2.81. The average Bonchev–Trinajstić information content (AvgIpc) is 2.31. The molecule has 0 amide bonds. The smallest absolute Gasteiger partial charge is 0.238 e. The number of benzene rings is 1. The van der Waals surface area contributed by atoms with E-state index in [-0.39, 0.29) is 4.90 Å². The molecule has 0 heterocycles. The highest BCUT2D eigenvalue weighted by Crippen LogP contribution is 2.30. The largest absolute Gasteiger partial charge is 0.491 e. The van der Waals surface area contributed by atoms with E-state index in [0.717, 1.165) is 11.1 Å². The predicted molar refractivity (Wildman–Crippen MR) is 74.0 cm³/mol. The predicted octanol–water partition coefficient (Wildman–Crippen LogP) is 1.67. The first-order valence-corrected chi connectivity index (χ1v) is 7.67. The maximum atomic E-state index is 11.5. The van der Waals surface area contributed by atoms with Gasteiger partial charge in [-0.15, -0.1) is 0 Å². The van der Waals surface area contributed by atoms with Crippen molar-refractivity contribution in [1.82, 2.24) is 0 Å². The zero-order chi connectivity index (χ0) is 14.6. The number of primary sulfonamides is 1. The number of hydrogen-bond donors (Lipinski definition) is 1. The maximum absolute atomic E-state index is 11.5. The van der Waals surface area contributed by atoms with Gasteiger partial charge < -0.3 is 9.47 Å². The van der Waals surface area contributed by atoms with Crippen LogP contribution in [0.3, 0.4) is 0 Å². The van der Waals surface area contributed by atoms with E-state index in [2.05, 4.69) is 0 Å². The van der Waals surface area contributed by atoms with Gasteiger partial charge >= 0.3 is 0 Å². The molecule has 1 rings (SSSR count). The number of sulfonamides is 1. The molecule has 0 aliphatic heterocycles. The molecule has 0 aromatic heterocycles. The quantitative estimate of drug-likeness (QED) is 0.807. The Morgan fingerprint density at radius 1 is 1.16 bits per heavy atom. The van der Waals surface area contributed by atoms with Crippen molar-refractivity contribution in [2.75, 3.05) is 19.8 Å². The van der Waals surface area contributed by atoms with Crippen LogP contribution in [0, 0.1) is 20.8 Å². The summed E-state index contributed by atoms with van der Waals surface area (Å²) in [7, 11) is -3.70. The van der Waals surface area contributed by atoms with E-state index in [4.69, 9.17) is 14.6 Å². The van der Waals surface area contributed by atoms with Gasteiger partial charge in [0, 0.05) is 6.61 Å². The molecule has 2 N–H and O–H groups in total. The molecule has 0 fully saturated rings. The van der Waals surface area contributed by atoms with Gasteiger partial charge in [0.25, 0.3) is 0 Å². The van der Waals surface area contributed by atoms with Crippen molar-refractivity contribution in [3.63, 3.8) is 0 Å². The Balaban J connectivity index is 3.06. The number of rotatable bonds is 6. The Bertz CT molecular complexity index is 552. The third-order valence-corrected chi connectivity index (χ3v) is 4.00. The van der Waals surface area contributed by atoms with Gasteiger partial charge in [0.05, 0.1) is 11.5 Å². The Hall–Kier alpha value is -1.11. The van der Waals surface area contributed by atoms with E-state index in [1.54, 1.807) is 19.9 Å². The zero-order valence-corrected chi connectivity index (χ0v) is 12.6. The second kappa shape index (κ2) is 6.36. The summed E-state index contributed by atoms with van der Waals surface area (Å²) in [4.78, 5) is 0.152. The van der Waals surface area contributed by atoms with E-state index >= 15 is 0 Å². The lowest BCUT2D eigenvalue weighted by Crippen LogP contribution is -2.16. The van der Waals surface area contributed by atoms with Crippen LogP contribution in [0.2, 0.25) is 0 Å². The second-order valence-electron chi connectivity index (χ2n) is 4.36. The standard InChI is InChI=1S/C13H21NO4S/c1-5-17-6-7-18-13-9(2)8-12(19(14,15)16)10(3)11(13)4/h8H,5-7H2,1-4H3,(H2,14,15,16). The van der Waals surface area contributed by atoms with Crippen LogP contribution < -0.4 is 9.88 Å². The van der Waals surface area contributed by atoms with E-state index in [1.165, 1.54) is 0 Å². The molecule has 0 spiro atoms. The minimum Gasteiger partial charge on any atom is -0.491 e. The molecule has 0 aliphatic rings.